The van der Waals surface area contributed by atoms with E-state index in [-0.39, 0.29) is 0 Å². The third-order valence-corrected chi connectivity index (χ3v) is 2.36. The van der Waals surface area contributed by atoms with Crippen molar-refractivity contribution in [3.05, 3.63) is 36.4 Å². The number of nitrogens with zero attached hydrogens (tertiary/aromatic N) is 1. The van der Waals surface area contributed by atoms with Crippen molar-refractivity contribution >= 4 is 22.1 Å². The molecular weight excluding hydrogens is 172 g/mol. The molecule has 2 aromatic carbocycles. The molecule has 0 saturated heterocycles. The largest absolute Gasteiger partial charge is 0.399 e. The molecule has 0 aliphatic carbocycles. The van der Waals surface area contributed by atoms with E-state index in [1.807, 2.05) is 32.3 Å². The third kappa shape index (κ3) is 1.51. The summed E-state index contributed by atoms with van der Waals surface area (Å²) >= 11 is 0. The van der Waals surface area contributed by atoms with E-state index in [1.165, 1.54) is 16.5 Å². The Morgan fingerprint density at radius 3 is 2.36 bits per heavy atom. The van der Waals surface area contributed by atoms with Gasteiger partial charge in [0.2, 0.25) is 0 Å². The van der Waals surface area contributed by atoms with Crippen LogP contribution in [0.25, 0.3) is 10.8 Å². The van der Waals surface area contributed by atoms with Gasteiger partial charge in [-0.1, -0.05) is 12.1 Å². The lowest BCUT2D eigenvalue weighted by Crippen LogP contribution is -2.07. The molecule has 0 saturated carbocycles. The van der Waals surface area contributed by atoms with Gasteiger partial charge in [-0.2, -0.15) is 0 Å². The third-order valence-electron chi connectivity index (χ3n) is 2.36. The van der Waals surface area contributed by atoms with Crippen LogP contribution in [0.3, 0.4) is 0 Å². The molecule has 0 fully saturated rings. The average Bonchev–Trinajstić information content (AvgIpc) is 2.16. The van der Waals surface area contributed by atoms with Gasteiger partial charge in [0, 0.05) is 25.5 Å². The molecule has 0 aliphatic heterocycles. The number of hydrogen-bond donors (Lipinski definition) is 1. The Morgan fingerprint density at radius 1 is 0.929 bits per heavy atom. The summed E-state index contributed by atoms with van der Waals surface area (Å²) in [4.78, 5) is 2.09. The van der Waals surface area contributed by atoms with Crippen molar-refractivity contribution in [2.24, 2.45) is 0 Å². The lowest BCUT2D eigenvalue weighted by atomic mass is 10.1. The summed E-state index contributed by atoms with van der Waals surface area (Å²) in [6.07, 6.45) is 0. The van der Waals surface area contributed by atoms with E-state index in [2.05, 4.69) is 23.1 Å². The first-order valence-electron chi connectivity index (χ1n) is 4.63. The topological polar surface area (TPSA) is 29.3 Å². The van der Waals surface area contributed by atoms with Gasteiger partial charge in [-0.25, -0.2) is 0 Å². The minimum atomic E-state index is 0.813. The molecule has 2 heteroatoms. The first-order chi connectivity index (χ1) is 6.66. The van der Waals surface area contributed by atoms with Gasteiger partial charge < -0.3 is 10.6 Å². The molecule has 2 N–H and O–H groups in total. The van der Waals surface area contributed by atoms with Crippen molar-refractivity contribution in [2.75, 3.05) is 24.7 Å². The van der Waals surface area contributed by atoms with Crippen LogP contribution >= 0.6 is 0 Å². The molecule has 2 aromatic rings. The number of benzene rings is 2. The van der Waals surface area contributed by atoms with E-state index < -0.39 is 0 Å². The fourth-order valence-electron chi connectivity index (χ4n) is 1.53. The number of anilines is 2. The summed E-state index contributed by atoms with van der Waals surface area (Å²) in [6.45, 7) is 0. The van der Waals surface area contributed by atoms with Gasteiger partial charge in [-0.05, 0) is 35.0 Å². The molecule has 0 aliphatic rings. The molecule has 0 aromatic heterocycles. The van der Waals surface area contributed by atoms with Crippen LogP contribution in [-0.2, 0) is 0 Å². The van der Waals surface area contributed by atoms with Crippen LogP contribution in [0.1, 0.15) is 0 Å². The highest BCUT2D eigenvalue weighted by molar-refractivity contribution is 5.88. The molecule has 0 radical (unpaired) electrons. The standard InChI is InChI=1S/C12H14N2/c1-14(2)12-6-4-9-3-5-11(13)7-10(9)8-12/h3-8H,13H2,1-2H3. The van der Waals surface area contributed by atoms with Crippen molar-refractivity contribution in [1.82, 2.24) is 0 Å². The first-order valence-corrected chi connectivity index (χ1v) is 4.63. The predicted molar refractivity (Wildman–Crippen MR) is 62.7 cm³/mol. The monoisotopic (exact) mass is 186 g/mol. The zero-order valence-electron chi connectivity index (χ0n) is 8.49. The van der Waals surface area contributed by atoms with E-state index in [4.69, 9.17) is 5.73 Å². The van der Waals surface area contributed by atoms with Crippen LogP contribution in [-0.4, -0.2) is 14.1 Å². The Kier molecular flexibility index (Phi) is 2.04. The smallest absolute Gasteiger partial charge is 0.0367 e. The second-order valence-corrected chi connectivity index (χ2v) is 3.69. The Hall–Kier alpha value is -1.70. The molecule has 0 bridgehead atoms. The minimum absolute atomic E-state index is 0.813. The van der Waals surface area contributed by atoms with Crippen molar-refractivity contribution in [3.63, 3.8) is 0 Å². The Labute approximate surface area is 83.9 Å². The number of hydrogen-bond acceptors (Lipinski definition) is 2. The lowest BCUT2D eigenvalue weighted by molar-refractivity contribution is 1.14. The number of rotatable bonds is 1. The van der Waals surface area contributed by atoms with Crippen LogP contribution in [0.5, 0.6) is 0 Å². The van der Waals surface area contributed by atoms with E-state index in [1.54, 1.807) is 0 Å². The van der Waals surface area contributed by atoms with Crippen molar-refractivity contribution in [1.29, 1.82) is 0 Å². The van der Waals surface area contributed by atoms with Gasteiger partial charge in [-0.15, -0.1) is 0 Å². The van der Waals surface area contributed by atoms with Crippen molar-refractivity contribution in [2.45, 2.75) is 0 Å². The molecule has 0 heterocycles. The second kappa shape index (κ2) is 3.22. The van der Waals surface area contributed by atoms with E-state index in [0.29, 0.717) is 0 Å². The summed E-state index contributed by atoms with van der Waals surface area (Å²) in [7, 11) is 4.07. The number of nitrogen functional groups attached to an aromatic ring is 1. The van der Waals surface area contributed by atoms with Gasteiger partial charge in [0.05, 0.1) is 0 Å². The summed E-state index contributed by atoms with van der Waals surface area (Å²) < 4.78 is 0. The second-order valence-electron chi connectivity index (χ2n) is 3.69. The minimum Gasteiger partial charge on any atom is -0.399 e. The van der Waals surface area contributed by atoms with Crippen molar-refractivity contribution in [3.8, 4) is 0 Å². The fraction of sp³-hybridized carbons (Fsp3) is 0.167. The highest BCUT2D eigenvalue weighted by Crippen LogP contribution is 2.22. The van der Waals surface area contributed by atoms with Gasteiger partial charge in [0.15, 0.2) is 0 Å². The van der Waals surface area contributed by atoms with Crippen LogP contribution in [0, 0.1) is 0 Å². The zero-order valence-corrected chi connectivity index (χ0v) is 8.49. The van der Waals surface area contributed by atoms with Crippen LogP contribution in [0.4, 0.5) is 11.4 Å². The number of nitrogens with two attached hydrogens (primary N) is 1. The van der Waals surface area contributed by atoms with Gasteiger partial charge >= 0.3 is 0 Å². The van der Waals surface area contributed by atoms with Crippen LogP contribution in [0.2, 0.25) is 0 Å². The zero-order chi connectivity index (χ0) is 10.1. The summed E-state index contributed by atoms with van der Waals surface area (Å²) in [5.41, 5.74) is 7.75. The summed E-state index contributed by atoms with van der Waals surface area (Å²) in [6, 6.07) is 12.3. The molecule has 2 nitrogen and oxygen atoms in total. The Bertz CT molecular complexity index is 461. The average molecular weight is 186 g/mol. The van der Waals surface area contributed by atoms with E-state index in [0.717, 1.165) is 5.69 Å². The SMILES string of the molecule is CN(C)c1ccc2ccc(N)cc2c1. The Balaban J connectivity index is 2.63. The lowest BCUT2D eigenvalue weighted by Gasteiger charge is -2.13. The maximum atomic E-state index is 5.74. The van der Waals surface area contributed by atoms with Gasteiger partial charge in [-0.3, -0.25) is 0 Å². The van der Waals surface area contributed by atoms with Crippen molar-refractivity contribution < 1.29 is 0 Å². The fourth-order valence-corrected chi connectivity index (χ4v) is 1.53. The maximum Gasteiger partial charge on any atom is 0.0367 e. The Morgan fingerprint density at radius 2 is 1.64 bits per heavy atom. The number of fused-ring (bicyclic) bond motifs is 1. The predicted octanol–water partition coefficient (Wildman–Crippen LogP) is 2.49. The van der Waals surface area contributed by atoms with Gasteiger partial charge in [0.1, 0.15) is 0 Å². The van der Waals surface area contributed by atoms with Crippen LogP contribution in [0.15, 0.2) is 36.4 Å². The van der Waals surface area contributed by atoms with E-state index in [9.17, 15) is 0 Å². The molecule has 0 spiro atoms. The molecule has 0 atom stereocenters. The van der Waals surface area contributed by atoms with Gasteiger partial charge in [0.25, 0.3) is 0 Å². The highest BCUT2D eigenvalue weighted by atomic mass is 15.1. The summed E-state index contributed by atoms with van der Waals surface area (Å²) in [5.74, 6) is 0. The molecular formula is C12H14N2. The molecule has 72 valence electrons. The highest BCUT2D eigenvalue weighted by Gasteiger charge is 1.98. The molecule has 2 rings (SSSR count). The normalized spacial score (nSPS) is 10.4. The molecule has 0 amide bonds. The quantitative estimate of drug-likeness (QED) is 0.693. The van der Waals surface area contributed by atoms with E-state index >= 15 is 0 Å². The summed E-state index contributed by atoms with van der Waals surface area (Å²) in [5, 5.41) is 2.42. The maximum absolute atomic E-state index is 5.74. The molecule has 14 heavy (non-hydrogen) atoms. The molecule has 0 unspecified atom stereocenters. The van der Waals surface area contributed by atoms with Crippen LogP contribution < -0.4 is 10.6 Å². The first kappa shape index (κ1) is 8.88.